The molecule has 1 fully saturated rings. The molecule has 14 heteroatoms. The van der Waals surface area contributed by atoms with Gasteiger partial charge in [0, 0.05) is 16.8 Å². The Hall–Kier alpha value is -5.38. The van der Waals surface area contributed by atoms with Gasteiger partial charge in [-0.1, -0.05) is 54.6 Å². The van der Waals surface area contributed by atoms with Gasteiger partial charge in [0.2, 0.25) is 6.29 Å². The highest BCUT2D eigenvalue weighted by molar-refractivity contribution is 6.04. The molecule has 6 unspecified atom stereocenters. The fraction of sp³-hybridized carbons (Fsp3) is 0.250. The molecule has 0 saturated carbocycles. The van der Waals surface area contributed by atoms with Crippen molar-refractivity contribution in [3.63, 3.8) is 0 Å². The summed E-state index contributed by atoms with van der Waals surface area (Å²) in [5.41, 5.74) is 8.38. The van der Waals surface area contributed by atoms with Gasteiger partial charge in [-0.3, -0.25) is 9.79 Å². The Balaban J connectivity index is 1.48. The van der Waals surface area contributed by atoms with E-state index in [9.17, 15) is 34.4 Å². The van der Waals surface area contributed by atoms with Crippen LogP contribution in [-0.2, 0) is 20.8 Å². The van der Waals surface area contributed by atoms with Gasteiger partial charge in [-0.2, -0.15) is 0 Å². The maximum absolute atomic E-state index is 14.1. The van der Waals surface area contributed by atoms with Crippen LogP contribution in [0.2, 0.25) is 0 Å². The van der Waals surface area contributed by atoms with E-state index in [1.807, 2.05) is 0 Å². The van der Waals surface area contributed by atoms with E-state index in [0.29, 0.717) is 16.8 Å². The first kappa shape index (κ1) is 35.9. The molecule has 1 aliphatic rings. The van der Waals surface area contributed by atoms with Gasteiger partial charge >= 0.3 is 5.97 Å². The van der Waals surface area contributed by atoms with Crippen LogP contribution in [-0.4, -0.2) is 82.6 Å². The van der Waals surface area contributed by atoms with E-state index >= 15 is 0 Å². The number of benzene rings is 4. The molecule has 0 aromatic heterocycles. The Labute approximate surface area is 286 Å². The number of nitrogens with zero attached hydrogens (tertiary/aromatic N) is 1. The van der Waals surface area contributed by atoms with Crippen LogP contribution < -0.4 is 21.1 Å². The molecular formula is C36H37FN4O9. The lowest BCUT2D eigenvalue weighted by Gasteiger charge is -2.40. The molecule has 4 aromatic rings. The molecule has 0 radical (unpaired) electrons. The fourth-order valence-corrected chi connectivity index (χ4v) is 5.32. The van der Waals surface area contributed by atoms with Crippen molar-refractivity contribution in [2.24, 2.45) is 10.7 Å². The highest BCUT2D eigenvalue weighted by atomic mass is 19.1. The number of nitrogens with two attached hydrogens (primary N) is 1. The van der Waals surface area contributed by atoms with E-state index in [-0.39, 0.29) is 34.9 Å². The molecule has 262 valence electrons. The molecule has 4 aromatic carbocycles. The number of aliphatic imine (C=N–C) groups is 1. The third-order valence-electron chi connectivity index (χ3n) is 7.96. The lowest BCUT2D eigenvalue weighted by atomic mass is 9.99. The third-order valence-corrected chi connectivity index (χ3v) is 7.96. The summed E-state index contributed by atoms with van der Waals surface area (Å²) in [5, 5.41) is 46.8. The second kappa shape index (κ2) is 16.3. The Bertz CT molecular complexity index is 1840. The number of amides is 1. The van der Waals surface area contributed by atoms with Crippen molar-refractivity contribution >= 4 is 29.1 Å². The largest absolute Gasteiger partial charge is 0.465 e. The Morgan fingerprint density at radius 2 is 1.68 bits per heavy atom. The zero-order chi connectivity index (χ0) is 35.8. The molecule has 1 aliphatic heterocycles. The number of esters is 1. The number of anilines is 2. The Morgan fingerprint density at radius 1 is 0.940 bits per heavy atom. The van der Waals surface area contributed by atoms with Crippen molar-refractivity contribution in [2.75, 3.05) is 24.4 Å². The van der Waals surface area contributed by atoms with Gasteiger partial charge in [0.15, 0.2) is 0 Å². The number of para-hydroxylation sites is 2. The first-order valence-electron chi connectivity index (χ1n) is 15.5. The number of hydrogen-bond acceptors (Lipinski definition) is 11. The van der Waals surface area contributed by atoms with Crippen LogP contribution >= 0.6 is 0 Å². The number of carbonyl (C=O) groups is 2. The molecule has 0 aliphatic carbocycles. The summed E-state index contributed by atoms with van der Waals surface area (Å²) >= 11 is 0. The second-order valence-electron chi connectivity index (χ2n) is 11.4. The maximum Gasteiger partial charge on any atom is 0.339 e. The normalized spacial score (nSPS) is 21.2. The van der Waals surface area contributed by atoms with Crippen molar-refractivity contribution in [3.8, 4) is 5.75 Å². The number of aliphatic hydroxyl groups excluding tert-OH is 4. The van der Waals surface area contributed by atoms with Gasteiger partial charge in [0.25, 0.3) is 5.91 Å². The minimum Gasteiger partial charge on any atom is -0.465 e. The van der Waals surface area contributed by atoms with Crippen molar-refractivity contribution in [1.29, 1.82) is 0 Å². The van der Waals surface area contributed by atoms with E-state index in [4.69, 9.17) is 19.9 Å². The summed E-state index contributed by atoms with van der Waals surface area (Å²) in [5.74, 6) is -1.48. The number of methoxy groups -OCH3 is 1. The molecule has 1 saturated heterocycles. The number of carbonyl (C=O) groups excluding carboxylic acids is 2. The van der Waals surface area contributed by atoms with Gasteiger partial charge < -0.3 is 51.0 Å². The monoisotopic (exact) mass is 688 g/mol. The summed E-state index contributed by atoms with van der Waals surface area (Å²) in [6, 6.07) is 24.2. The van der Waals surface area contributed by atoms with Crippen molar-refractivity contribution in [3.05, 3.63) is 125 Å². The zero-order valence-electron chi connectivity index (χ0n) is 26.8. The van der Waals surface area contributed by atoms with Gasteiger partial charge in [0.1, 0.15) is 47.9 Å². The second-order valence-corrected chi connectivity index (χ2v) is 11.4. The Kier molecular flexibility index (Phi) is 11.7. The minimum atomic E-state index is -1.71. The maximum atomic E-state index is 14.1. The first-order valence-corrected chi connectivity index (χ1v) is 15.5. The topological polar surface area (TPSA) is 205 Å². The van der Waals surface area contributed by atoms with Crippen molar-refractivity contribution in [2.45, 2.75) is 43.3 Å². The van der Waals surface area contributed by atoms with Crippen LogP contribution in [0.15, 0.2) is 102 Å². The van der Waals surface area contributed by atoms with E-state index in [2.05, 4.69) is 15.6 Å². The molecule has 6 atom stereocenters. The smallest absolute Gasteiger partial charge is 0.339 e. The van der Waals surface area contributed by atoms with Gasteiger partial charge in [-0.25, -0.2) is 9.18 Å². The predicted octanol–water partition coefficient (Wildman–Crippen LogP) is 2.49. The molecule has 50 heavy (non-hydrogen) atoms. The van der Waals surface area contributed by atoms with Crippen molar-refractivity contribution < 1.29 is 48.6 Å². The number of nitrogens with one attached hydrogen (secondary N) is 2. The third kappa shape index (κ3) is 8.42. The molecule has 5 rings (SSSR count). The predicted molar refractivity (Wildman–Crippen MR) is 181 cm³/mol. The fourth-order valence-electron chi connectivity index (χ4n) is 5.32. The number of aliphatic hydroxyl groups is 4. The highest BCUT2D eigenvalue weighted by Crippen LogP contribution is 2.33. The van der Waals surface area contributed by atoms with Crippen LogP contribution in [0.25, 0.3) is 0 Å². The molecule has 0 bridgehead atoms. The van der Waals surface area contributed by atoms with Crippen LogP contribution in [0.1, 0.15) is 33.1 Å². The average molecular weight is 689 g/mol. The minimum absolute atomic E-state index is 0.0538. The van der Waals surface area contributed by atoms with E-state index in [1.54, 1.807) is 66.7 Å². The molecule has 0 spiro atoms. The summed E-state index contributed by atoms with van der Waals surface area (Å²) in [4.78, 5) is 31.0. The van der Waals surface area contributed by atoms with Crippen LogP contribution in [0.3, 0.4) is 0 Å². The quantitative estimate of drug-likeness (QED) is 0.0654. The summed E-state index contributed by atoms with van der Waals surface area (Å²) in [6.07, 6.45) is -7.77. The molecular weight excluding hydrogens is 651 g/mol. The lowest BCUT2D eigenvalue weighted by Crippen LogP contribution is -2.60. The molecule has 1 amide bonds. The number of halogens is 1. The first-order chi connectivity index (χ1) is 24.1. The van der Waals surface area contributed by atoms with E-state index in [0.717, 1.165) is 0 Å². The lowest BCUT2D eigenvalue weighted by molar-refractivity contribution is -0.277. The highest BCUT2D eigenvalue weighted by Gasteiger charge is 2.45. The number of rotatable bonds is 12. The summed E-state index contributed by atoms with van der Waals surface area (Å²) < 4.78 is 30.1. The Morgan fingerprint density at radius 3 is 2.44 bits per heavy atom. The van der Waals surface area contributed by atoms with Crippen LogP contribution in [0.5, 0.6) is 5.75 Å². The van der Waals surface area contributed by atoms with Crippen molar-refractivity contribution in [1.82, 2.24) is 0 Å². The standard InChI is InChI=1S/C36H37FN4O9/c1-48-35(47)24-12-2-4-14-26(24)41-34(46)29(25-13-3-5-15-27(25)49-36-32(45)31(44)30(43)28(19-42)50-36)40-23-11-7-9-21(17-23)33(38)39-18-20-8-6-10-22(37)16-20/h2-17,28-32,36,40,42-45H,18-19H2,1H3,(H2,38,39)(H,41,46). The summed E-state index contributed by atoms with van der Waals surface area (Å²) in [6.45, 7) is -0.530. The van der Waals surface area contributed by atoms with Gasteiger partial charge in [-0.05, 0) is 48.0 Å². The van der Waals surface area contributed by atoms with Gasteiger partial charge in [0.05, 0.1) is 31.5 Å². The molecule has 13 nitrogen and oxygen atoms in total. The number of hydrogen-bond donors (Lipinski definition) is 7. The number of amidine groups is 1. The van der Waals surface area contributed by atoms with E-state index < -0.39 is 61.0 Å². The zero-order valence-corrected chi connectivity index (χ0v) is 26.8. The molecule has 8 N–H and O–H groups in total. The molecule has 1 heterocycles. The van der Waals surface area contributed by atoms with Crippen LogP contribution in [0, 0.1) is 5.82 Å². The van der Waals surface area contributed by atoms with Crippen LogP contribution in [0.4, 0.5) is 15.8 Å². The SMILES string of the molecule is COC(=O)c1ccccc1NC(=O)C(Nc1cccc(C(N)=NCc2cccc(F)c2)c1)c1ccccc1OC1OC(CO)C(O)C(O)C1O. The number of ether oxygens (including phenoxy) is 3. The van der Waals surface area contributed by atoms with Gasteiger partial charge in [-0.15, -0.1) is 0 Å². The van der Waals surface area contributed by atoms with E-state index in [1.165, 1.54) is 37.4 Å². The summed E-state index contributed by atoms with van der Waals surface area (Å²) in [7, 11) is 1.22. The average Bonchev–Trinajstić information content (AvgIpc) is 3.13.